The van der Waals surface area contributed by atoms with Gasteiger partial charge in [0.15, 0.2) is 0 Å². The molecule has 0 amide bonds. The van der Waals surface area contributed by atoms with Crippen molar-refractivity contribution >= 4 is 11.0 Å². The normalized spacial score (nSPS) is 16.3. The molecule has 1 aliphatic rings. The number of para-hydroxylation sites is 2. The number of nitrogens with one attached hydrogen (secondary N) is 1. The first-order valence-electron chi connectivity index (χ1n) is 6.45. The van der Waals surface area contributed by atoms with E-state index in [0.29, 0.717) is 0 Å². The van der Waals surface area contributed by atoms with Gasteiger partial charge in [0.1, 0.15) is 5.82 Å². The third kappa shape index (κ3) is 2.07. The number of rotatable bonds is 4. The summed E-state index contributed by atoms with van der Waals surface area (Å²) >= 11 is 0. The van der Waals surface area contributed by atoms with Crippen LogP contribution in [0.1, 0.15) is 25.1 Å². The quantitative estimate of drug-likeness (QED) is 0.872. The maximum atomic E-state index is 4.65. The largest absolute Gasteiger partial charge is 0.330 e. The summed E-state index contributed by atoms with van der Waals surface area (Å²) in [5.41, 5.74) is 2.31. The number of fused-ring (bicyclic) bond motifs is 1. The summed E-state index contributed by atoms with van der Waals surface area (Å²) < 4.78 is 2.18. The summed E-state index contributed by atoms with van der Waals surface area (Å²) in [6, 6.07) is 8.30. The lowest BCUT2D eigenvalue weighted by atomic mass is 9.85. The first kappa shape index (κ1) is 10.8. The van der Waals surface area contributed by atoms with Gasteiger partial charge in [-0.1, -0.05) is 18.6 Å². The van der Waals surface area contributed by atoms with Gasteiger partial charge in [-0.15, -0.1) is 0 Å². The Bertz CT molecular complexity index is 511. The lowest BCUT2D eigenvalue weighted by Crippen LogP contribution is -2.27. The van der Waals surface area contributed by atoms with E-state index >= 15 is 0 Å². The van der Waals surface area contributed by atoms with Crippen LogP contribution in [0.25, 0.3) is 11.0 Å². The van der Waals surface area contributed by atoms with E-state index in [9.17, 15) is 0 Å². The van der Waals surface area contributed by atoms with Gasteiger partial charge in [-0.05, 0) is 37.4 Å². The molecule has 3 nitrogen and oxygen atoms in total. The second kappa shape index (κ2) is 4.49. The highest BCUT2D eigenvalue weighted by molar-refractivity contribution is 5.75. The summed E-state index contributed by atoms with van der Waals surface area (Å²) in [4.78, 5) is 4.65. The zero-order valence-electron chi connectivity index (χ0n) is 10.3. The van der Waals surface area contributed by atoms with Crippen LogP contribution in [-0.2, 0) is 13.6 Å². The molecule has 3 rings (SSSR count). The zero-order chi connectivity index (χ0) is 11.7. The maximum Gasteiger partial charge on any atom is 0.123 e. The lowest BCUT2D eigenvalue weighted by Gasteiger charge is -2.25. The first-order valence-corrected chi connectivity index (χ1v) is 6.45. The zero-order valence-corrected chi connectivity index (χ0v) is 10.3. The van der Waals surface area contributed by atoms with Crippen molar-refractivity contribution in [3.8, 4) is 0 Å². The van der Waals surface area contributed by atoms with Crippen molar-refractivity contribution in [3.63, 3.8) is 0 Å². The SMILES string of the molecule is Cn1c(CNCC2CCC2)nc2ccccc21. The van der Waals surface area contributed by atoms with Gasteiger partial charge in [0, 0.05) is 7.05 Å². The molecule has 3 heteroatoms. The number of aryl methyl sites for hydroxylation is 1. The minimum absolute atomic E-state index is 0.877. The number of aromatic nitrogens is 2. The Morgan fingerprint density at radius 1 is 1.35 bits per heavy atom. The van der Waals surface area contributed by atoms with Crippen LogP contribution in [0.4, 0.5) is 0 Å². The van der Waals surface area contributed by atoms with Crippen LogP contribution >= 0.6 is 0 Å². The second-order valence-electron chi connectivity index (χ2n) is 5.00. The van der Waals surface area contributed by atoms with E-state index < -0.39 is 0 Å². The molecule has 1 heterocycles. The van der Waals surface area contributed by atoms with E-state index in [0.717, 1.165) is 30.3 Å². The highest BCUT2D eigenvalue weighted by Gasteiger charge is 2.16. The van der Waals surface area contributed by atoms with Crippen molar-refractivity contribution < 1.29 is 0 Å². The van der Waals surface area contributed by atoms with Crippen molar-refractivity contribution in [2.45, 2.75) is 25.8 Å². The summed E-state index contributed by atoms with van der Waals surface area (Å²) in [7, 11) is 2.09. The number of nitrogens with zero attached hydrogens (tertiary/aromatic N) is 2. The molecule has 0 atom stereocenters. The average Bonchev–Trinajstić information content (AvgIpc) is 2.60. The lowest BCUT2D eigenvalue weighted by molar-refractivity contribution is 0.300. The standard InChI is InChI=1S/C14H19N3/c1-17-13-8-3-2-7-12(13)16-14(17)10-15-9-11-5-4-6-11/h2-3,7-8,11,15H,4-6,9-10H2,1H3. The topological polar surface area (TPSA) is 29.9 Å². The fourth-order valence-corrected chi connectivity index (χ4v) is 2.44. The number of imidazole rings is 1. The highest BCUT2D eigenvalue weighted by Crippen LogP contribution is 2.25. The van der Waals surface area contributed by atoms with Crippen LogP contribution in [0.15, 0.2) is 24.3 Å². The number of benzene rings is 1. The van der Waals surface area contributed by atoms with Crippen LogP contribution in [0, 0.1) is 5.92 Å². The number of hydrogen-bond donors (Lipinski definition) is 1. The van der Waals surface area contributed by atoms with Crippen molar-refractivity contribution in [2.24, 2.45) is 13.0 Å². The van der Waals surface area contributed by atoms with E-state index in [1.165, 1.54) is 24.8 Å². The van der Waals surface area contributed by atoms with Gasteiger partial charge in [-0.25, -0.2) is 4.98 Å². The molecule has 1 saturated carbocycles. The van der Waals surface area contributed by atoms with Crippen LogP contribution in [-0.4, -0.2) is 16.1 Å². The predicted octanol–water partition coefficient (Wildman–Crippen LogP) is 2.46. The van der Waals surface area contributed by atoms with E-state index in [4.69, 9.17) is 0 Å². The Kier molecular flexibility index (Phi) is 2.85. The molecule has 0 aliphatic heterocycles. The molecular weight excluding hydrogens is 210 g/mol. The molecule has 1 aromatic carbocycles. The van der Waals surface area contributed by atoms with Crippen molar-refractivity contribution in [1.82, 2.24) is 14.9 Å². The molecule has 0 unspecified atom stereocenters. The molecule has 2 aromatic rings. The highest BCUT2D eigenvalue weighted by atomic mass is 15.1. The molecular formula is C14H19N3. The summed E-state index contributed by atoms with van der Waals surface area (Å²) in [5, 5.41) is 3.52. The van der Waals surface area contributed by atoms with Gasteiger partial charge in [-0.3, -0.25) is 0 Å². The van der Waals surface area contributed by atoms with E-state index in [1.54, 1.807) is 0 Å². The molecule has 1 aliphatic carbocycles. The van der Waals surface area contributed by atoms with Crippen molar-refractivity contribution in [3.05, 3.63) is 30.1 Å². The van der Waals surface area contributed by atoms with Gasteiger partial charge >= 0.3 is 0 Å². The monoisotopic (exact) mass is 229 g/mol. The molecule has 1 aromatic heterocycles. The maximum absolute atomic E-state index is 4.65. The van der Waals surface area contributed by atoms with E-state index in [1.807, 2.05) is 6.07 Å². The molecule has 0 spiro atoms. The smallest absolute Gasteiger partial charge is 0.123 e. The Morgan fingerprint density at radius 2 is 2.18 bits per heavy atom. The number of hydrogen-bond acceptors (Lipinski definition) is 2. The fourth-order valence-electron chi connectivity index (χ4n) is 2.44. The van der Waals surface area contributed by atoms with Crippen molar-refractivity contribution in [1.29, 1.82) is 0 Å². The van der Waals surface area contributed by atoms with Crippen LogP contribution in [0.3, 0.4) is 0 Å². The first-order chi connectivity index (χ1) is 8.34. The van der Waals surface area contributed by atoms with Crippen LogP contribution in [0.5, 0.6) is 0 Å². The van der Waals surface area contributed by atoms with Gasteiger partial charge in [0.05, 0.1) is 17.6 Å². The Morgan fingerprint density at radius 3 is 2.88 bits per heavy atom. The predicted molar refractivity (Wildman–Crippen MR) is 69.8 cm³/mol. The second-order valence-corrected chi connectivity index (χ2v) is 5.00. The van der Waals surface area contributed by atoms with E-state index in [2.05, 4.69) is 40.1 Å². The minimum Gasteiger partial charge on any atom is -0.330 e. The molecule has 0 radical (unpaired) electrons. The Balaban J connectivity index is 1.69. The van der Waals surface area contributed by atoms with Crippen LogP contribution in [0.2, 0.25) is 0 Å². The summed E-state index contributed by atoms with van der Waals surface area (Å²) in [6.45, 7) is 2.02. The van der Waals surface area contributed by atoms with Crippen LogP contribution < -0.4 is 5.32 Å². The van der Waals surface area contributed by atoms with Gasteiger partial charge in [0.25, 0.3) is 0 Å². The third-order valence-corrected chi connectivity index (χ3v) is 3.82. The molecule has 0 saturated heterocycles. The molecule has 90 valence electrons. The Labute approximate surface area is 102 Å². The third-order valence-electron chi connectivity index (χ3n) is 3.82. The van der Waals surface area contributed by atoms with Crippen molar-refractivity contribution in [2.75, 3.05) is 6.54 Å². The minimum atomic E-state index is 0.877. The van der Waals surface area contributed by atoms with Gasteiger partial charge in [0.2, 0.25) is 0 Å². The average molecular weight is 229 g/mol. The molecule has 1 N–H and O–H groups in total. The van der Waals surface area contributed by atoms with Gasteiger partial charge in [-0.2, -0.15) is 0 Å². The summed E-state index contributed by atoms with van der Waals surface area (Å²) in [5.74, 6) is 2.04. The van der Waals surface area contributed by atoms with E-state index in [-0.39, 0.29) is 0 Å². The fraction of sp³-hybridized carbons (Fsp3) is 0.500. The molecule has 17 heavy (non-hydrogen) atoms. The molecule has 1 fully saturated rings. The summed E-state index contributed by atoms with van der Waals surface area (Å²) in [6.07, 6.45) is 4.21. The Hall–Kier alpha value is -1.35. The molecule has 0 bridgehead atoms. The van der Waals surface area contributed by atoms with Gasteiger partial charge < -0.3 is 9.88 Å².